The van der Waals surface area contributed by atoms with E-state index in [0.29, 0.717) is 5.56 Å². The van der Waals surface area contributed by atoms with Gasteiger partial charge in [0.2, 0.25) is 0 Å². The summed E-state index contributed by atoms with van der Waals surface area (Å²) in [5.41, 5.74) is -2.85. The molecule has 13 heteroatoms. The molecule has 0 saturated heterocycles. The summed E-state index contributed by atoms with van der Waals surface area (Å²) in [4.78, 5) is 16.6. The molecule has 0 fully saturated rings. The molecule has 1 aliphatic heterocycles. The molecule has 0 saturated carbocycles. The van der Waals surface area contributed by atoms with Crippen molar-refractivity contribution < 1.29 is 40.3 Å². The first-order chi connectivity index (χ1) is 14.5. The standard InChI is InChI=1S/C18H12F6N4O3/c1-2-30-15(29)14-26-27-16(31-14)28-6-8-3-4-9-11(17(19,20)21)5-12(18(22,23)24)25-13(9)10(8)7-28/h3-5H,2,6-7H2,1H3. The van der Waals surface area contributed by atoms with Crippen molar-refractivity contribution in [3.63, 3.8) is 0 Å². The summed E-state index contributed by atoms with van der Waals surface area (Å²) in [6.45, 7) is 1.58. The lowest BCUT2D eigenvalue weighted by molar-refractivity contribution is -0.144. The van der Waals surface area contributed by atoms with Crippen molar-refractivity contribution >= 4 is 22.9 Å². The average Bonchev–Trinajstić information content (AvgIpc) is 3.32. The lowest BCUT2D eigenvalue weighted by atomic mass is 10.0. The molecular formula is C18H12F6N4O3. The van der Waals surface area contributed by atoms with Crippen LogP contribution >= 0.6 is 0 Å². The Hall–Kier alpha value is -3.38. The molecule has 3 heterocycles. The lowest BCUT2D eigenvalue weighted by Crippen LogP contribution is -2.15. The number of carbonyl (C=O) groups excluding carboxylic acids is 1. The van der Waals surface area contributed by atoms with E-state index in [1.54, 1.807) is 6.92 Å². The molecule has 7 nitrogen and oxygen atoms in total. The Kier molecular flexibility index (Phi) is 4.78. The van der Waals surface area contributed by atoms with Crippen LogP contribution in [0.15, 0.2) is 22.6 Å². The quantitative estimate of drug-likeness (QED) is 0.437. The van der Waals surface area contributed by atoms with E-state index in [0.717, 1.165) is 6.07 Å². The second-order valence-corrected chi connectivity index (χ2v) is 6.62. The summed E-state index contributed by atoms with van der Waals surface area (Å²) in [7, 11) is 0. The first kappa shape index (κ1) is 20.9. The molecule has 1 aromatic carbocycles. The summed E-state index contributed by atoms with van der Waals surface area (Å²) in [6.07, 6.45) is -10.1. The Morgan fingerprint density at radius 3 is 2.52 bits per heavy atom. The van der Waals surface area contributed by atoms with Crippen molar-refractivity contribution in [3.05, 3.63) is 46.5 Å². The number of nitrogens with zero attached hydrogens (tertiary/aromatic N) is 4. The maximum absolute atomic E-state index is 13.4. The minimum absolute atomic E-state index is 0.00503. The predicted molar refractivity (Wildman–Crippen MR) is 91.9 cm³/mol. The van der Waals surface area contributed by atoms with E-state index in [4.69, 9.17) is 9.15 Å². The fourth-order valence-electron chi connectivity index (χ4n) is 3.30. The molecule has 3 aromatic rings. The summed E-state index contributed by atoms with van der Waals surface area (Å²) < 4.78 is 89.9. The van der Waals surface area contributed by atoms with Crippen molar-refractivity contribution in [3.8, 4) is 0 Å². The molecule has 4 rings (SSSR count). The molecule has 0 amide bonds. The molecule has 0 atom stereocenters. The highest BCUT2D eigenvalue weighted by atomic mass is 19.4. The largest absolute Gasteiger partial charge is 0.459 e. The number of alkyl halides is 6. The molecule has 1 aliphatic rings. The highest BCUT2D eigenvalue weighted by Crippen LogP contribution is 2.41. The van der Waals surface area contributed by atoms with E-state index in [2.05, 4.69) is 15.2 Å². The minimum atomic E-state index is -5.06. The first-order valence-electron chi connectivity index (χ1n) is 8.84. The number of aromatic nitrogens is 3. The van der Waals surface area contributed by atoms with Crippen LogP contribution in [-0.4, -0.2) is 27.8 Å². The second kappa shape index (κ2) is 7.10. The number of hydrogen-bond acceptors (Lipinski definition) is 7. The molecule has 0 radical (unpaired) electrons. The van der Waals surface area contributed by atoms with Crippen LogP contribution in [-0.2, 0) is 30.2 Å². The normalized spacial score (nSPS) is 14.2. The Morgan fingerprint density at radius 2 is 1.87 bits per heavy atom. The van der Waals surface area contributed by atoms with Gasteiger partial charge in [-0.25, -0.2) is 9.78 Å². The van der Waals surface area contributed by atoms with Gasteiger partial charge in [0.05, 0.1) is 24.2 Å². The molecule has 2 aromatic heterocycles. The predicted octanol–water partition coefficient (Wildman–Crippen LogP) is 4.35. The number of carbonyl (C=O) groups is 1. The third kappa shape index (κ3) is 3.75. The van der Waals surface area contributed by atoms with E-state index >= 15 is 0 Å². The highest BCUT2D eigenvalue weighted by molar-refractivity contribution is 5.88. The molecule has 0 N–H and O–H groups in total. The molecule has 0 unspecified atom stereocenters. The van der Waals surface area contributed by atoms with Gasteiger partial charge >= 0.3 is 30.2 Å². The van der Waals surface area contributed by atoms with Crippen LogP contribution in [0.3, 0.4) is 0 Å². The first-order valence-corrected chi connectivity index (χ1v) is 8.84. The zero-order chi connectivity index (χ0) is 22.6. The van der Waals surface area contributed by atoms with Gasteiger partial charge in [0, 0.05) is 17.5 Å². The number of pyridine rings is 1. The summed E-state index contributed by atoms with van der Waals surface area (Å²) in [5, 5.41) is 6.81. The molecule has 164 valence electrons. The SMILES string of the molecule is CCOC(=O)c1nnc(N2Cc3ccc4c(C(F)(F)F)cc(C(F)(F)F)nc4c3C2)o1. The lowest BCUT2D eigenvalue weighted by Gasteiger charge is -2.15. The number of hydrogen-bond donors (Lipinski definition) is 0. The maximum atomic E-state index is 13.4. The van der Waals surface area contributed by atoms with Gasteiger partial charge in [-0.05, 0) is 18.6 Å². The van der Waals surface area contributed by atoms with E-state index in [9.17, 15) is 31.1 Å². The van der Waals surface area contributed by atoms with Gasteiger partial charge in [0.15, 0.2) is 0 Å². The smallest absolute Gasteiger partial charge is 0.433 e. The zero-order valence-electron chi connectivity index (χ0n) is 15.6. The molecular weight excluding hydrogens is 434 g/mol. The van der Waals surface area contributed by atoms with Crippen molar-refractivity contribution in [2.75, 3.05) is 11.5 Å². The molecule has 31 heavy (non-hydrogen) atoms. The van der Waals surface area contributed by atoms with Crippen molar-refractivity contribution in [2.24, 2.45) is 0 Å². The highest BCUT2D eigenvalue weighted by Gasteiger charge is 2.40. The number of rotatable bonds is 3. The van der Waals surface area contributed by atoms with E-state index in [-0.39, 0.29) is 37.3 Å². The Bertz CT molecular complexity index is 1170. The number of anilines is 1. The van der Waals surface area contributed by atoms with Gasteiger partial charge < -0.3 is 14.1 Å². The number of fused-ring (bicyclic) bond motifs is 3. The van der Waals surface area contributed by atoms with Gasteiger partial charge in [0.25, 0.3) is 0 Å². The van der Waals surface area contributed by atoms with Gasteiger partial charge in [0.1, 0.15) is 5.69 Å². The van der Waals surface area contributed by atoms with Gasteiger partial charge in [-0.15, -0.1) is 0 Å². The summed E-state index contributed by atoms with van der Waals surface area (Å²) in [5.74, 6) is -1.27. The van der Waals surface area contributed by atoms with Crippen LogP contribution in [0.4, 0.5) is 32.4 Å². The van der Waals surface area contributed by atoms with Gasteiger partial charge in [-0.1, -0.05) is 22.3 Å². The molecule has 0 aliphatic carbocycles. The average molecular weight is 446 g/mol. The van der Waals surface area contributed by atoms with Crippen LogP contribution in [0.1, 0.15) is 40.0 Å². The Labute approximate surface area is 169 Å². The van der Waals surface area contributed by atoms with Crippen LogP contribution < -0.4 is 4.90 Å². The van der Waals surface area contributed by atoms with Crippen molar-refractivity contribution in [2.45, 2.75) is 32.4 Å². The fraction of sp³-hybridized carbons (Fsp3) is 0.333. The Balaban J connectivity index is 1.78. The topological polar surface area (TPSA) is 81.4 Å². The van der Waals surface area contributed by atoms with Gasteiger partial charge in [-0.3, -0.25) is 0 Å². The zero-order valence-corrected chi connectivity index (χ0v) is 15.6. The van der Waals surface area contributed by atoms with Crippen LogP contribution in [0.25, 0.3) is 10.9 Å². The maximum Gasteiger partial charge on any atom is 0.433 e. The minimum Gasteiger partial charge on any atom is -0.459 e. The molecule has 0 spiro atoms. The number of benzene rings is 1. The third-order valence-electron chi connectivity index (χ3n) is 4.62. The van der Waals surface area contributed by atoms with Crippen molar-refractivity contribution in [1.82, 2.24) is 15.2 Å². The summed E-state index contributed by atoms with van der Waals surface area (Å²) in [6, 6.07) is 2.34. The van der Waals surface area contributed by atoms with Crippen molar-refractivity contribution in [1.29, 1.82) is 0 Å². The number of halogens is 6. The van der Waals surface area contributed by atoms with Crippen LogP contribution in [0, 0.1) is 0 Å². The van der Waals surface area contributed by atoms with E-state index < -0.39 is 46.4 Å². The fourth-order valence-corrected chi connectivity index (χ4v) is 3.30. The number of ether oxygens (including phenoxy) is 1. The summed E-state index contributed by atoms with van der Waals surface area (Å²) >= 11 is 0. The monoisotopic (exact) mass is 446 g/mol. The third-order valence-corrected chi connectivity index (χ3v) is 4.62. The van der Waals surface area contributed by atoms with Crippen LogP contribution in [0.2, 0.25) is 0 Å². The van der Waals surface area contributed by atoms with Crippen LogP contribution in [0.5, 0.6) is 0 Å². The number of esters is 1. The van der Waals surface area contributed by atoms with E-state index in [1.165, 1.54) is 11.0 Å². The van der Waals surface area contributed by atoms with E-state index in [1.807, 2.05) is 0 Å². The molecule has 0 bridgehead atoms. The van der Waals surface area contributed by atoms with Gasteiger partial charge in [-0.2, -0.15) is 26.3 Å². The second-order valence-electron chi connectivity index (χ2n) is 6.62. The Morgan fingerprint density at radius 1 is 1.13 bits per heavy atom.